The summed E-state index contributed by atoms with van der Waals surface area (Å²) in [5.74, 6) is 0.703. The summed E-state index contributed by atoms with van der Waals surface area (Å²) in [7, 11) is -3.49. The van der Waals surface area contributed by atoms with Crippen molar-refractivity contribution in [2.75, 3.05) is 6.61 Å². The van der Waals surface area contributed by atoms with E-state index in [1.807, 2.05) is 13.0 Å². The maximum atomic E-state index is 12.4. The summed E-state index contributed by atoms with van der Waals surface area (Å²) in [6.45, 7) is 2.48. The predicted octanol–water partition coefficient (Wildman–Crippen LogP) is 2.31. The lowest BCUT2D eigenvalue weighted by atomic mass is 10.3. The van der Waals surface area contributed by atoms with E-state index in [0.717, 1.165) is 0 Å². The minimum absolute atomic E-state index is 0.414. The molecule has 1 atom stereocenters. The number of ether oxygens (including phenoxy) is 1. The molecule has 4 heteroatoms. The summed E-state index contributed by atoms with van der Waals surface area (Å²) >= 11 is 0. The van der Waals surface area contributed by atoms with Gasteiger partial charge in [-0.3, -0.25) is 4.57 Å². The van der Waals surface area contributed by atoms with Gasteiger partial charge in [0, 0.05) is 10.6 Å². The topological polar surface area (TPSA) is 46.5 Å². The molecule has 94 valence electrons. The molecule has 2 aromatic rings. The molecule has 0 spiro atoms. The van der Waals surface area contributed by atoms with Gasteiger partial charge in [-0.1, -0.05) is 18.2 Å². The molecule has 2 aromatic carbocycles. The summed E-state index contributed by atoms with van der Waals surface area (Å²) in [5.41, 5.74) is 0. The van der Waals surface area contributed by atoms with Crippen LogP contribution in [-0.4, -0.2) is 11.5 Å². The molecule has 0 amide bonds. The van der Waals surface area contributed by atoms with Crippen LogP contribution in [0.3, 0.4) is 0 Å². The summed E-state index contributed by atoms with van der Waals surface area (Å²) in [6.07, 6.45) is 0. The lowest BCUT2D eigenvalue weighted by Gasteiger charge is -2.12. The van der Waals surface area contributed by atoms with Gasteiger partial charge in [-0.2, -0.15) is 0 Å². The smallest absolute Gasteiger partial charge is 0.258 e. The van der Waals surface area contributed by atoms with Gasteiger partial charge >= 0.3 is 0 Å². The molecule has 1 N–H and O–H groups in total. The van der Waals surface area contributed by atoms with E-state index in [4.69, 9.17) is 4.74 Å². The Morgan fingerprint density at radius 3 is 2.11 bits per heavy atom. The zero-order valence-corrected chi connectivity index (χ0v) is 11.0. The van der Waals surface area contributed by atoms with Crippen LogP contribution < -0.4 is 15.3 Å². The number of hydrogen-bond donors (Lipinski definition) is 1. The Balaban J connectivity index is 2.33. The molecule has 0 aliphatic heterocycles. The maximum Gasteiger partial charge on any atom is 0.258 e. The van der Waals surface area contributed by atoms with Gasteiger partial charge in [0.1, 0.15) is 5.75 Å². The Morgan fingerprint density at radius 1 is 1.00 bits per heavy atom. The number of rotatable bonds is 4. The largest absolute Gasteiger partial charge is 0.494 e. The van der Waals surface area contributed by atoms with E-state index in [2.05, 4.69) is 0 Å². The van der Waals surface area contributed by atoms with Crippen LogP contribution in [0.15, 0.2) is 54.6 Å². The third-order valence-corrected chi connectivity index (χ3v) is 4.60. The quantitative estimate of drug-likeness (QED) is 0.860. The third-order valence-electron chi connectivity index (χ3n) is 2.60. The molecule has 0 aromatic heterocycles. The summed E-state index contributed by atoms with van der Waals surface area (Å²) in [5, 5.41) is 0.853. The van der Waals surface area contributed by atoms with Crippen LogP contribution in [-0.2, 0) is 4.57 Å². The van der Waals surface area contributed by atoms with E-state index in [1.165, 1.54) is 0 Å². The minimum Gasteiger partial charge on any atom is -0.494 e. The molecule has 3 nitrogen and oxygen atoms in total. The molecular formula is C14H15O3P. The Morgan fingerprint density at radius 2 is 1.56 bits per heavy atom. The van der Waals surface area contributed by atoms with Crippen LogP contribution in [0, 0.1) is 0 Å². The third kappa shape index (κ3) is 2.63. The van der Waals surface area contributed by atoms with Gasteiger partial charge in [0.15, 0.2) is 0 Å². The zero-order chi connectivity index (χ0) is 13.0. The van der Waals surface area contributed by atoms with E-state index in [-0.39, 0.29) is 0 Å². The fourth-order valence-corrected chi connectivity index (χ4v) is 3.12. The van der Waals surface area contributed by atoms with Gasteiger partial charge in [-0.05, 0) is 43.3 Å². The first-order valence-electron chi connectivity index (χ1n) is 5.76. The van der Waals surface area contributed by atoms with E-state index >= 15 is 0 Å². The first-order chi connectivity index (χ1) is 8.64. The molecule has 18 heavy (non-hydrogen) atoms. The van der Waals surface area contributed by atoms with Crippen LogP contribution >= 0.6 is 7.37 Å². The van der Waals surface area contributed by atoms with Gasteiger partial charge in [0.25, 0.3) is 7.37 Å². The van der Waals surface area contributed by atoms with Gasteiger partial charge in [0.2, 0.25) is 0 Å². The second-order valence-electron chi connectivity index (χ2n) is 3.84. The summed E-state index contributed by atoms with van der Waals surface area (Å²) in [4.78, 5) is 10.2. The molecule has 2 rings (SSSR count). The highest BCUT2D eigenvalue weighted by Gasteiger charge is 2.23. The maximum absolute atomic E-state index is 12.4. The summed E-state index contributed by atoms with van der Waals surface area (Å²) in [6, 6.07) is 15.4. The molecule has 0 heterocycles. The van der Waals surface area contributed by atoms with Crippen molar-refractivity contribution >= 4 is 18.0 Å². The van der Waals surface area contributed by atoms with E-state index in [1.54, 1.807) is 48.5 Å². The molecule has 0 aliphatic rings. The average Bonchev–Trinajstić information content (AvgIpc) is 2.41. The molecule has 0 saturated carbocycles. The van der Waals surface area contributed by atoms with Crippen molar-refractivity contribution in [3.05, 3.63) is 54.6 Å². The standard InChI is InChI=1S/C14H15O3P/c1-2-17-12-8-10-14(11-9-12)18(15,16)13-6-4-3-5-7-13/h3-11H,2H2,1H3,(H,15,16). The van der Waals surface area contributed by atoms with Crippen molar-refractivity contribution in [3.63, 3.8) is 0 Å². The van der Waals surface area contributed by atoms with Crippen molar-refractivity contribution in [3.8, 4) is 5.75 Å². The Bertz CT molecular complexity index is 549. The van der Waals surface area contributed by atoms with Gasteiger partial charge in [-0.25, -0.2) is 0 Å². The lowest BCUT2D eigenvalue weighted by Crippen LogP contribution is -2.15. The Kier molecular flexibility index (Phi) is 3.85. The highest BCUT2D eigenvalue weighted by Crippen LogP contribution is 2.38. The fourth-order valence-electron chi connectivity index (χ4n) is 1.69. The van der Waals surface area contributed by atoms with Crippen molar-refractivity contribution < 1.29 is 14.2 Å². The fraction of sp³-hybridized carbons (Fsp3) is 0.143. The van der Waals surface area contributed by atoms with Gasteiger partial charge in [-0.15, -0.1) is 0 Å². The van der Waals surface area contributed by atoms with Gasteiger partial charge in [0.05, 0.1) is 6.61 Å². The van der Waals surface area contributed by atoms with Crippen molar-refractivity contribution in [1.29, 1.82) is 0 Å². The molecular weight excluding hydrogens is 247 g/mol. The Hall–Kier alpha value is -1.57. The SMILES string of the molecule is CCOc1ccc(P(=O)(O)c2ccccc2)cc1. The molecule has 0 saturated heterocycles. The van der Waals surface area contributed by atoms with Crippen LogP contribution in [0.4, 0.5) is 0 Å². The van der Waals surface area contributed by atoms with E-state index in [0.29, 0.717) is 23.0 Å². The number of benzene rings is 2. The minimum atomic E-state index is -3.49. The van der Waals surface area contributed by atoms with Crippen molar-refractivity contribution in [2.45, 2.75) is 6.92 Å². The second-order valence-corrected chi connectivity index (χ2v) is 6.02. The molecule has 0 radical (unpaired) electrons. The second kappa shape index (κ2) is 5.38. The normalized spacial score (nSPS) is 13.9. The van der Waals surface area contributed by atoms with Crippen LogP contribution in [0.2, 0.25) is 0 Å². The van der Waals surface area contributed by atoms with Gasteiger partial charge < -0.3 is 9.63 Å². The van der Waals surface area contributed by atoms with E-state index < -0.39 is 7.37 Å². The van der Waals surface area contributed by atoms with Crippen LogP contribution in [0.1, 0.15) is 6.92 Å². The molecule has 0 aliphatic carbocycles. The lowest BCUT2D eigenvalue weighted by molar-refractivity contribution is 0.340. The van der Waals surface area contributed by atoms with E-state index in [9.17, 15) is 9.46 Å². The predicted molar refractivity (Wildman–Crippen MR) is 73.1 cm³/mol. The van der Waals surface area contributed by atoms with Crippen molar-refractivity contribution in [2.24, 2.45) is 0 Å². The Labute approximate surface area is 107 Å². The first-order valence-corrected chi connectivity index (χ1v) is 7.42. The van der Waals surface area contributed by atoms with Crippen LogP contribution in [0.5, 0.6) is 5.75 Å². The molecule has 0 bridgehead atoms. The molecule has 1 unspecified atom stereocenters. The van der Waals surface area contributed by atoms with Crippen LogP contribution in [0.25, 0.3) is 0 Å². The molecule has 0 fully saturated rings. The summed E-state index contributed by atoms with van der Waals surface area (Å²) < 4.78 is 17.7. The monoisotopic (exact) mass is 262 g/mol. The average molecular weight is 262 g/mol. The highest BCUT2D eigenvalue weighted by molar-refractivity contribution is 7.73. The van der Waals surface area contributed by atoms with Crippen molar-refractivity contribution in [1.82, 2.24) is 0 Å². The highest BCUT2D eigenvalue weighted by atomic mass is 31.2. The first kappa shape index (κ1) is 12.9. The number of hydrogen-bond acceptors (Lipinski definition) is 2. The zero-order valence-electron chi connectivity index (χ0n) is 10.1.